The van der Waals surface area contributed by atoms with Crippen LogP contribution in [0.3, 0.4) is 0 Å². The maximum absolute atomic E-state index is 12.0. The summed E-state index contributed by atoms with van der Waals surface area (Å²) in [7, 11) is 0. The Morgan fingerprint density at radius 3 is 2.54 bits per heavy atom. The zero-order valence-electron chi connectivity index (χ0n) is 15.0. The van der Waals surface area contributed by atoms with Crippen LogP contribution in [-0.4, -0.2) is 10.9 Å². The van der Waals surface area contributed by atoms with Crippen LogP contribution < -0.4 is 10.1 Å². The van der Waals surface area contributed by atoms with E-state index in [1.54, 1.807) is 24.5 Å². The van der Waals surface area contributed by atoms with E-state index >= 15 is 0 Å². The Morgan fingerprint density at radius 1 is 1.04 bits per heavy atom. The van der Waals surface area contributed by atoms with Crippen molar-refractivity contribution < 1.29 is 9.53 Å². The average molecular weight is 346 g/mol. The third-order valence-corrected chi connectivity index (χ3v) is 4.06. The predicted octanol–water partition coefficient (Wildman–Crippen LogP) is 4.93. The molecule has 0 bridgehead atoms. The summed E-state index contributed by atoms with van der Waals surface area (Å²) in [6, 6.07) is 19.3. The number of pyridine rings is 1. The molecule has 0 spiro atoms. The van der Waals surface area contributed by atoms with Crippen LogP contribution in [0.4, 0.5) is 0 Å². The lowest BCUT2D eigenvalue weighted by Gasteiger charge is -2.10. The Labute approximate surface area is 153 Å². The molecule has 0 aliphatic heterocycles. The van der Waals surface area contributed by atoms with Crippen LogP contribution in [0, 0.1) is 0 Å². The van der Waals surface area contributed by atoms with Crippen molar-refractivity contribution in [3.8, 4) is 11.5 Å². The first kappa shape index (κ1) is 17.7. The number of ether oxygens (including phenoxy) is 1. The van der Waals surface area contributed by atoms with Crippen molar-refractivity contribution >= 4 is 5.91 Å². The highest BCUT2D eigenvalue weighted by molar-refractivity contribution is 5.93. The largest absolute Gasteiger partial charge is 0.457 e. The Kier molecular flexibility index (Phi) is 5.64. The molecule has 1 amide bonds. The second-order valence-electron chi connectivity index (χ2n) is 6.40. The number of amides is 1. The maximum Gasteiger partial charge on any atom is 0.253 e. The lowest BCUT2D eigenvalue weighted by molar-refractivity contribution is 0.0950. The second-order valence-corrected chi connectivity index (χ2v) is 6.40. The summed E-state index contributed by atoms with van der Waals surface area (Å²) in [4.78, 5) is 16.0. The van der Waals surface area contributed by atoms with Crippen LogP contribution >= 0.6 is 0 Å². The third kappa shape index (κ3) is 4.70. The second kappa shape index (κ2) is 8.30. The van der Waals surface area contributed by atoms with E-state index in [9.17, 15) is 4.79 Å². The molecular weight excluding hydrogens is 324 g/mol. The Bertz CT molecular complexity index is 859. The van der Waals surface area contributed by atoms with E-state index in [0.29, 0.717) is 18.0 Å². The summed E-state index contributed by atoms with van der Waals surface area (Å²) in [6.45, 7) is 4.78. The van der Waals surface area contributed by atoms with E-state index in [4.69, 9.17) is 4.74 Å². The zero-order chi connectivity index (χ0) is 18.4. The Hall–Kier alpha value is -3.14. The fourth-order valence-corrected chi connectivity index (χ4v) is 2.53. The van der Waals surface area contributed by atoms with Crippen molar-refractivity contribution in [3.63, 3.8) is 0 Å². The van der Waals surface area contributed by atoms with Crippen molar-refractivity contribution in [1.29, 1.82) is 0 Å². The fraction of sp³-hybridized carbons (Fsp3) is 0.182. The van der Waals surface area contributed by atoms with Gasteiger partial charge in [0.2, 0.25) is 0 Å². The Balaban J connectivity index is 1.58. The van der Waals surface area contributed by atoms with E-state index in [1.165, 1.54) is 5.56 Å². The minimum absolute atomic E-state index is 0.135. The summed E-state index contributed by atoms with van der Waals surface area (Å²) in [6.07, 6.45) is 3.20. The van der Waals surface area contributed by atoms with Gasteiger partial charge in [-0.25, -0.2) is 0 Å². The monoisotopic (exact) mass is 346 g/mol. The Morgan fingerprint density at radius 2 is 1.85 bits per heavy atom. The highest BCUT2D eigenvalue weighted by Gasteiger charge is 2.05. The minimum Gasteiger partial charge on any atom is -0.457 e. The van der Waals surface area contributed by atoms with Gasteiger partial charge in [-0.15, -0.1) is 0 Å². The normalized spacial score (nSPS) is 10.6. The minimum atomic E-state index is -0.135. The van der Waals surface area contributed by atoms with Crippen LogP contribution in [0.5, 0.6) is 11.5 Å². The summed E-state index contributed by atoms with van der Waals surface area (Å²) in [5.41, 5.74) is 2.81. The lowest BCUT2D eigenvalue weighted by Crippen LogP contribution is -2.22. The first-order valence-corrected chi connectivity index (χ1v) is 8.67. The molecule has 1 heterocycles. The molecule has 3 rings (SSSR count). The topological polar surface area (TPSA) is 51.2 Å². The maximum atomic E-state index is 12.0. The number of rotatable bonds is 6. The van der Waals surface area contributed by atoms with Gasteiger partial charge in [0, 0.05) is 18.9 Å². The number of hydrogen-bond donors (Lipinski definition) is 1. The number of benzene rings is 2. The number of carbonyl (C=O) groups is 1. The molecule has 0 radical (unpaired) electrons. The molecule has 3 aromatic rings. The SMILES string of the molecule is CC(C)c1cccc(Oc2ccc(CNC(=O)c3cccnc3)cc2)c1. The molecule has 0 unspecified atom stereocenters. The van der Waals surface area contributed by atoms with Gasteiger partial charge in [0.1, 0.15) is 11.5 Å². The van der Waals surface area contributed by atoms with Crippen LogP contribution in [0.15, 0.2) is 73.1 Å². The molecule has 1 N–H and O–H groups in total. The molecule has 0 atom stereocenters. The molecule has 0 aliphatic rings. The van der Waals surface area contributed by atoms with Crippen molar-refractivity contribution in [1.82, 2.24) is 10.3 Å². The van der Waals surface area contributed by atoms with Gasteiger partial charge >= 0.3 is 0 Å². The van der Waals surface area contributed by atoms with Crippen LogP contribution in [-0.2, 0) is 6.54 Å². The first-order chi connectivity index (χ1) is 12.6. The fourth-order valence-electron chi connectivity index (χ4n) is 2.53. The van der Waals surface area contributed by atoms with E-state index in [2.05, 4.69) is 36.3 Å². The summed E-state index contributed by atoms with van der Waals surface area (Å²) >= 11 is 0. The summed E-state index contributed by atoms with van der Waals surface area (Å²) in [5.74, 6) is 1.93. The molecular formula is C22H22N2O2. The van der Waals surface area contributed by atoms with Crippen LogP contribution in [0.1, 0.15) is 41.3 Å². The molecule has 4 nitrogen and oxygen atoms in total. The molecule has 2 aromatic carbocycles. The number of nitrogens with zero attached hydrogens (tertiary/aromatic N) is 1. The smallest absolute Gasteiger partial charge is 0.253 e. The number of carbonyl (C=O) groups excluding carboxylic acids is 1. The molecule has 0 saturated carbocycles. The molecule has 0 aliphatic carbocycles. The van der Waals surface area contributed by atoms with Gasteiger partial charge < -0.3 is 10.1 Å². The quantitative estimate of drug-likeness (QED) is 0.689. The standard InChI is InChI=1S/C22H22N2O2/c1-16(2)18-5-3-7-21(13-18)26-20-10-8-17(9-11-20)14-24-22(25)19-6-4-12-23-15-19/h3-13,15-16H,14H2,1-2H3,(H,24,25). The van der Waals surface area contributed by atoms with Gasteiger partial charge in [-0.1, -0.05) is 38.1 Å². The molecule has 4 heteroatoms. The van der Waals surface area contributed by atoms with Gasteiger partial charge in [-0.3, -0.25) is 9.78 Å². The molecule has 132 valence electrons. The highest BCUT2D eigenvalue weighted by atomic mass is 16.5. The van der Waals surface area contributed by atoms with E-state index in [1.807, 2.05) is 36.4 Å². The number of nitrogens with one attached hydrogen (secondary N) is 1. The van der Waals surface area contributed by atoms with Gasteiger partial charge in [-0.05, 0) is 53.4 Å². The zero-order valence-corrected chi connectivity index (χ0v) is 15.0. The van der Waals surface area contributed by atoms with Gasteiger partial charge in [0.15, 0.2) is 0 Å². The van der Waals surface area contributed by atoms with Gasteiger partial charge in [0.05, 0.1) is 5.56 Å². The van der Waals surface area contributed by atoms with Gasteiger partial charge in [-0.2, -0.15) is 0 Å². The van der Waals surface area contributed by atoms with Crippen LogP contribution in [0.25, 0.3) is 0 Å². The highest BCUT2D eigenvalue weighted by Crippen LogP contribution is 2.25. The molecule has 26 heavy (non-hydrogen) atoms. The van der Waals surface area contributed by atoms with Gasteiger partial charge in [0.25, 0.3) is 5.91 Å². The number of aromatic nitrogens is 1. The van der Waals surface area contributed by atoms with Crippen molar-refractivity contribution in [2.75, 3.05) is 0 Å². The predicted molar refractivity (Wildman–Crippen MR) is 102 cm³/mol. The van der Waals surface area contributed by atoms with E-state index in [-0.39, 0.29) is 5.91 Å². The average Bonchev–Trinajstić information content (AvgIpc) is 2.68. The van der Waals surface area contributed by atoms with Crippen molar-refractivity contribution in [3.05, 3.63) is 89.7 Å². The van der Waals surface area contributed by atoms with E-state index in [0.717, 1.165) is 17.1 Å². The van der Waals surface area contributed by atoms with Crippen molar-refractivity contribution in [2.24, 2.45) is 0 Å². The lowest BCUT2D eigenvalue weighted by atomic mass is 10.0. The number of hydrogen-bond acceptors (Lipinski definition) is 3. The first-order valence-electron chi connectivity index (χ1n) is 8.67. The summed E-state index contributed by atoms with van der Waals surface area (Å²) < 4.78 is 5.92. The molecule has 0 fully saturated rings. The van der Waals surface area contributed by atoms with E-state index < -0.39 is 0 Å². The summed E-state index contributed by atoms with van der Waals surface area (Å²) in [5, 5.41) is 2.88. The molecule has 0 saturated heterocycles. The van der Waals surface area contributed by atoms with Crippen molar-refractivity contribution in [2.45, 2.75) is 26.3 Å². The molecule has 1 aromatic heterocycles. The third-order valence-electron chi connectivity index (χ3n) is 4.06. The van der Waals surface area contributed by atoms with Crippen LogP contribution in [0.2, 0.25) is 0 Å².